The van der Waals surface area contributed by atoms with Crippen molar-refractivity contribution in [2.24, 2.45) is 0 Å². The van der Waals surface area contributed by atoms with Crippen LogP contribution in [0.25, 0.3) is 153 Å². The number of benzene rings is 16. The average molecular weight is 1380 g/mol. The summed E-state index contributed by atoms with van der Waals surface area (Å²) in [5.74, 6) is 0. The molecule has 0 bridgehead atoms. The largest absolute Gasteiger partial charge is 0.0683 e. The van der Waals surface area contributed by atoms with Gasteiger partial charge in [-0.1, -0.05) is 341 Å². The number of hydrogen-bond donors (Lipinski definition) is 0. The van der Waals surface area contributed by atoms with Gasteiger partial charge in [0.05, 0.1) is 0 Å². The molecule has 0 nitrogen and oxygen atoms in total. The van der Waals surface area contributed by atoms with Gasteiger partial charge in [0.2, 0.25) is 0 Å². The van der Waals surface area contributed by atoms with Crippen molar-refractivity contribution in [3.63, 3.8) is 0 Å². The van der Waals surface area contributed by atoms with E-state index in [2.05, 4.69) is 305 Å². The van der Waals surface area contributed by atoms with Crippen LogP contribution in [0.4, 0.5) is 0 Å². The average Bonchev–Trinajstić information content (AvgIpc) is 0.951. The molecular weight excluding hydrogens is 1310 g/mol. The third kappa shape index (κ3) is 11.5. The van der Waals surface area contributed by atoms with Gasteiger partial charge in [0.15, 0.2) is 0 Å². The summed E-state index contributed by atoms with van der Waals surface area (Å²) >= 11 is 0. The van der Waals surface area contributed by atoms with Gasteiger partial charge in [0, 0.05) is 104 Å². The fraction of sp³-hybridized carbons (Fsp3) is 0.103. The summed E-state index contributed by atoms with van der Waals surface area (Å²) in [6, 6.07) is 106. The first-order valence-corrected chi connectivity index (χ1v) is 31.4. The summed E-state index contributed by atoms with van der Waals surface area (Å²) in [4.78, 5) is 0. The van der Waals surface area contributed by atoms with Crippen LogP contribution < -0.4 is 0 Å². The van der Waals surface area contributed by atoms with E-state index in [-0.39, 0.29) is 104 Å². The molecule has 90 heavy (non-hydrogen) atoms. The molecule has 429 valence electrons. The predicted octanol–water partition coefficient (Wildman–Crippen LogP) is 25.7. The van der Waals surface area contributed by atoms with Crippen molar-refractivity contribution in [3.05, 3.63) is 302 Å². The van der Waals surface area contributed by atoms with Crippen LogP contribution in [-0.4, -0.2) is 0 Å². The molecule has 0 N–H and O–H groups in total. The van der Waals surface area contributed by atoms with Crippen LogP contribution in [0.15, 0.2) is 291 Å². The Morgan fingerprint density at radius 3 is 1.06 bits per heavy atom. The standard InChI is InChI=1S/C30H18.C26H16.C25H20.3C2H6.3Y/c1-2-11-21-19(7-1)8-3-12-22(21)23-17-18-28-26-14-5-10-20-9-4-13-25(29(20)26)27-16-6-15-24(23)30(27)28;1-2-9-18-17(7-1)8-5-12-19(18)22-15-16-25-21-11-4-3-10-20(21)23-13-6-14-24(22)26(23)25;1-25(2)23-13-6-5-11-21(23)22-15-14-18(16-24(22)25)20-12-7-9-17-8-3-4-10-19(17)20;3*1-2;;;/h1-18H;1-16H;3-16H,1-2H3;3*1-2H3;;;. The van der Waals surface area contributed by atoms with Crippen molar-refractivity contribution in [2.75, 3.05) is 0 Å². The minimum Gasteiger partial charge on any atom is -0.0683 e. The first kappa shape index (κ1) is 66.1. The Kier molecular flexibility index (Phi) is 21.1. The summed E-state index contributed by atoms with van der Waals surface area (Å²) in [5.41, 5.74) is 18.9. The molecule has 0 amide bonds. The predicted molar refractivity (Wildman–Crippen MR) is 383 cm³/mol. The van der Waals surface area contributed by atoms with E-state index in [1.54, 1.807) is 0 Å². The second kappa shape index (κ2) is 28.8. The smallest absolute Gasteiger partial charge is 0.0159 e. The molecule has 0 spiro atoms. The van der Waals surface area contributed by atoms with Crippen LogP contribution in [-0.2, 0) is 104 Å². The molecule has 16 aromatic carbocycles. The van der Waals surface area contributed by atoms with Crippen LogP contribution in [0.5, 0.6) is 0 Å². The van der Waals surface area contributed by atoms with Crippen LogP contribution in [0.3, 0.4) is 0 Å². The fourth-order valence-electron chi connectivity index (χ4n) is 14.2. The fourth-order valence-corrected chi connectivity index (χ4v) is 14.2. The maximum absolute atomic E-state index is 2.40. The van der Waals surface area contributed by atoms with Crippen LogP contribution in [0, 0.1) is 0 Å². The zero-order chi connectivity index (χ0) is 59.8. The number of hydrogen-bond acceptors (Lipinski definition) is 0. The number of fused-ring (bicyclic) bond motifs is 11. The molecule has 0 aromatic heterocycles. The third-order valence-electron chi connectivity index (χ3n) is 17.9. The van der Waals surface area contributed by atoms with Crippen molar-refractivity contribution in [2.45, 2.75) is 60.8 Å². The summed E-state index contributed by atoms with van der Waals surface area (Å²) in [6.45, 7) is 16.7. The second-order valence-electron chi connectivity index (χ2n) is 22.5. The first-order chi connectivity index (χ1) is 43.0. The maximum atomic E-state index is 2.40. The van der Waals surface area contributed by atoms with E-state index in [0.717, 1.165) is 0 Å². The van der Waals surface area contributed by atoms with E-state index in [1.807, 2.05) is 41.5 Å². The summed E-state index contributed by atoms with van der Waals surface area (Å²) in [6.07, 6.45) is 0. The summed E-state index contributed by atoms with van der Waals surface area (Å²) < 4.78 is 0. The molecule has 0 unspecified atom stereocenters. The van der Waals surface area contributed by atoms with E-state index < -0.39 is 0 Å². The Labute approximate surface area is 607 Å². The molecule has 0 saturated carbocycles. The van der Waals surface area contributed by atoms with E-state index in [1.165, 1.54) is 164 Å². The maximum Gasteiger partial charge on any atom is 0.0159 e. The van der Waals surface area contributed by atoms with Crippen molar-refractivity contribution in [3.8, 4) is 66.8 Å². The molecule has 0 atom stereocenters. The van der Waals surface area contributed by atoms with Gasteiger partial charge in [-0.15, -0.1) is 0 Å². The third-order valence-corrected chi connectivity index (χ3v) is 17.9. The normalized spacial score (nSPS) is 11.6. The van der Waals surface area contributed by atoms with Gasteiger partial charge >= 0.3 is 0 Å². The molecule has 0 saturated heterocycles. The Balaban J connectivity index is 0.000000141. The quantitative estimate of drug-likeness (QED) is 0.122. The van der Waals surface area contributed by atoms with Crippen molar-refractivity contribution >= 4 is 86.2 Å². The number of rotatable bonds is 3. The van der Waals surface area contributed by atoms with E-state index in [4.69, 9.17) is 0 Å². The van der Waals surface area contributed by atoms with Gasteiger partial charge in [-0.05, 0) is 170 Å². The molecule has 0 heterocycles. The van der Waals surface area contributed by atoms with Crippen LogP contribution in [0.2, 0.25) is 0 Å². The summed E-state index contributed by atoms with van der Waals surface area (Å²) in [5, 5.41) is 21.3. The molecule has 2 aliphatic rings. The van der Waals surface area contributed by atoms with Crippen molar-refractivity contribution in [1.82, 2.24) is 0 Å². The van der Waals surface area contributed by atoms with E-state index in [9.17, 15) is 0 Å². The first-order valence-electron chi connectivity index (χ1n) is 31.4. The van der Waals surface area contributed by atoms with E-state index in [0.29, 0.717) is 0 Å². The Bertz CT molecular complexity index is 5130. The van der Waals surface area contributed by atoms with Crippen LogP contribution >= 0.6 is 0 Å². The van der Waals surface area contributed by atoms with Gasteiger partial charge in [-0.2, -0.15) is 0 Å². The molecule has 0 aliphatic heterocycles. The van der Waals surface area contributed by atoms with Gasteiger partial charge < -0.3 is 0 Å². The molecular formula is C87H72Y3. The van der Waals surface area contributed by atoms with Gasteiger partial charge in [0.25, 0.3) is 0 Å². The molecule has 16 aromatic rings. The van der Waals surface area contributed by atoms with Gasteiger partial charge in [-0.3, -0.25) is 0 Å². The topological polar surface area (TPSA) is 0 Å². The van der Waals surface area contributed by atoms with Crippen molar-refractivity contribution in [1.29, 1.82) is 0 Å². The second-order valence-corrected chi connectivity index (χ2v) is 22.5. The minimum atomic E-state index is 0. The Morgan fingerprint density at radius 2 is 0.489 bits per heavy atom. The molecule has 0 fully saturated rings. The monoisotopic (exact) mass is 1380 g/mol. The Hall–Kier alpha value is -6.83. The zero-order valence-electron chi connectivity index (χ0n) is 52.9. The zero-order valence-corrected chi connectivity index (χ0v) is 61.5. The molecule has 3 heteroatoms. The van der Waals surface area contributed by atoms with Gasteiger partial charge in [-0.25, -0.2) is 0 Å². The van der Waals surface area contributed by atoms with Crippen LogP contribution in [0.1, 0.15) is 66.5 Å². The molecule has 18 rings (SSSR count). The summed E-state index contributed by atoms with van der Waals surface area (Å²) in [7, 11) is 0. The Morgan fingerprint density at radius 1 is 0.189 bits per heavy atom. The molecule has 3 radical (unpaired) electrons. The van der Waals surface area contributed by atoms with Crippen molar-refractivity contribution < 1.29 is 98.1 Å². The molecule has 2 aliphatic carbocycles. The van der Waals surface area contributed by atoms with E-state index >= 15 is 0 Å². The minimum absolute atomic E-state index is 0. The SMILES string of the molecule is CC.CC.CC.CC1(C)c2ccccc2-c2ccc(-c3cccc4ccccc34)cc21.[Y].[Y].[Y].c1ccc2c(-c3ccc4c5cccc6cccc(c7cccc3c74)c65)cccc2c1.c1ccc2c(c1)-c1cccc3c(-c4cccc5ccccc45)ccc-2c13. The van der Waals surface area contributed by atoms with Gasteiger partial charge in [0.1, 0.15) is 0 Å².